The molecule has 2 saturated heterocycles. The minimum Gasteiger partial charge on any atom is -0.345 e. The first kappa shape index (κ1) is 13.9. The van der Waals surface area contributed by atoms with Crippen LogP contribution in [0.2, 0.25) is 0 Å². The predicted molar refractivity (Wildman–Crippen MR) is 82.2 cm³/mol. The van der Waals surface area contributed by atoms with Gasteiger partial charge in [0.25, 0.3) is 0 Å². The molecule has 0 spiro atoms. The molecule has 0 bridgehead atoms. The topological polar surface area (TPSA) is 66.4 Å². The molecule has 1 aromatic heterocycles. The molecule has 1 atom stereocenters. The predicted octanol–water partition coefficient (Wildman–Crippen LogP) is 1.42. The molecule has 0 radical (unpaired) electrons. The maximum absolute atomic E-state index is 12.6. The fraction of sp³-hybridized carbons (Fsp3) is 0.846. The molecule has 1 aromatic rings. The molecule has 1 unspecified atom stereocenters. The summed E-state index contributed by atoms with van der Waals surface area (Å²) in [6.07, 6.45) is 5.14. The Hall–Kier alpha value is -0.730. The molecule has 0 amide bonds. The van der Waals surface area contributed by atoms with Crippen molar-refractivity contribution in [2.45, 2.75) is 43.3 Å². The summed E-state index contributed by atoms with van der Waals surface area (Å²) in [5, 5.41) is 10.3. The van der Waals surface area contributed by atoms with Crippen molar-refractivity contribution in [2.24, 2.45) is 0 Å². The minimum absolute atomic E-state index is 0.274. The second kappa shape index (κ2) is 5.17. The monoisotopic (exact) mass is 328 g/mol. The molecule has 6 nitrogen and oxygen atoms in total. The second-order valence-corrected chi connectivity index (χ2v) is 9.41. The maximum atomic E-state index is 12.6. The van der Waals surface area contributed by atoms with E-state index in [0.717, 1.165) is 29.5 Å². The summed E-state index contributed by atoms with van der Waals surface area (Å²) in [5.41, 5.74) is 0. The van der Waals surface area contributed by atoms with Crippen LogP contribution in [-0.2, 0) is 10.0 Å². The van der Waals surface area contributed by atoms with Crippen molar-refractivity contribution in [3.63, 3.8) is 0 Å². The molecule has 116 valence electrons. The average molecular weight is 328 g/mol. The van der Waals surface area contributed by atoms with E-state index in [1.54, 1.807) is 15.6 Å². The molecule has 2 aliphatic heterocycles. The SMILES string of the molecule is O=S(=O)(C1CCN(c2nnc(C3CC3)s2)C1)N1CCCC1. The quantitative estimate of drug-likeness (QED) is 0.836. The molecule has 3 aliphatic rings. The summed E-state index contributed by atoms with van der Waals surface area (Å²) in [7, 11) is -3.13. The highest BCUT2D eigenvalue weighted by atomic mass is 32.2. The third-order valence-corrected chi connectivity index (χ3v) is 8.08. The Bertz CT molecular complexity index is 620. The standard InChI is InChI=1S/C13H20N4O2S2/c18-21(19,17-6-1-2-7-17)11-5-8-16(9-11)13-15-14-12(20-13)10-3-4-10/h10-11H,1-9H2. The van der Waals surface area contributed by atoms with E-state index >= 15 is 0 Å². The largest absolute Gasteiger partial charge is 0.345 e. The Morgan fingerprint density at radius 2 is 1.81 bits per heavy atom. The third kappa shape index (κ3) is 2.57. The summed E-state index contributed by atoms with van der Waals surface area (Å²) in [6.45, 7) is 2.74. The number of anilines is 1. The number of hydrogen-bond donors (Lipinski definition) is 0. The first-order chi connectivity index (χ1) is 10.1. The number of aromatic nitrogens is 2. The van der Waals surface area contributed by atoms with E-state index in [1.165, 1.54) is 12.8 Å². The zero-order valence-electron chi connectivity index (χ0n) is 11.9. The fourth-order valence-corrected chi connectivity index (χ4v) is 6.16. The number of nitrogens with zero attached hydrogens (tertiary/aromatic N) is 4. The zero-order chi connectivity index (χ0) is 14.4. The van der Waals surface area contributed by atoms with Gasteiger partial charge in [-0.05, 0) is 32.1 Å². The summed E-state index contributed by atoms with van der Waals surface area (Å²) in [4.78, 5) is 2.10. The van der Waals surface area contributed by atoms with Crippen LogP contribution in [0.1, 0.15) is 43.0 Å². The van der Waals surface area contributed by atoms with Crippen LogP contribution in [0, 0.1) is 0 Å². The van der Waals surface area contributed by atoms with Gasteiger partial charge in [0.15, 0.2) is 0 Å². The molecule has 3 heterocycles. The van der Waals surface area contributed by atoms with Crippen LogP contribution >= 0.6 is 11.3 Å². The van der Waals surface area contributed by atoms with Crippen molar-refractivity contribution < 1.29 is 8.42 Å². The van der Waals surface area contributed by atoms with E-state index in [4.69, 9.17) is 0 Å². The van der Waals surface area contributed by atoms with Gasteiger partial charge < -0.3 is 4.90 Å². The van der Waals surface area contributed by atoms with E-state index in [0.29, 0.717) is 32.0 Å². The van der Waals surface area contributed by atoms with Gasteiger partial charge in [-0.2, -0.15) is 0 Å². The Kier molecular flexibility index (Phi) is 3.42. The van der Waals surface area contributed by atoms with E-state index < -0.39 is 10.0 Å². The molecule has 1 aliphatic carbocycles. The van der Waals surface area contributed by atoms with Crippen LogP contribution in [0.3, 0.4) is 0 Å². The van der Waals surface area contributed by atoms with Crippen molar-refractivity contribution in [1.82, 2.24) is 14.5 Å². The zero-order valence-corrected chi connectivity index (χ0v) is 13.6. The molecule has 21 heavy (non-hydrogen) atoms. The van der Waals surface area contributed by atoms with Gasteiger partial charge in [0.2, 0.25) is 15.2 Å². The summed E-state index contributed by atoms with van der Waals surface area (Å²) < 4.78 is 26.9. The Morgan fingerprint density at radius 1 is 1.05 bits per heavy atom. The lowest BCUT2D eigenvalue weighted by Crippen LogP contribution is -2.38. The van der Waals surface area contributed by atoms with E-state index in [9.17, 15) is 8.42 Å². The number of rotatable bonds is 4. The van der Waals surface area contributed by atoms with Crippen LogP contribution in [0.15, 0.2) is 0 Å². The van der Waals surface area contributed by atoms with Gasteiger partial charge in [-0.3, -0.25) is 0 Å². The van der Waals surface area contributed by atoms with Crippen LogP contribution in [0.5, 0.6) is 0 Å². The Morgan fingerprint density at radius 3 is 2.52 bits per heavy atom. The van der Waals surface area contributed by atoms with E-state index in [1.807, 2.05) is 0 Å². The summed E-state index contributed by atoms with van der Waals surface area (Å²) in [5.74, 6) is 0.614. The molecular weight excluding hydrogens is 308 g/mol. The lowest BCUT2D eigenvalue weighted by atomic mass is 10.4. The van der Waals surface area contributed by atoms with Crippen molar-refractivity contribution in [2.75, 3.05) is 31.1 Å². The van der Waals surface area contributed by atoms with Crippen molar-refractivity contribution in [3.8, 4) is 0 Å². The molecule has 0 N–H and O–H groups in total. The number of sulfonamides is 1. The summed E-state index contributed by atoms with van der Waals surface area (Å²) in [6, 6.07) is 0. The van der Waals surface area contributed by atoms with Crippen molar-refractivity contribution in [3.05, 3.63) is 5.01 Å². The van der Waals surface area contributed by atoms with Crippen LogP contribution in [0.4, 0.5) is 5.13 Å². The molecular formula is C13H20N4O2S2. The minimum atomic E-state index is -3.13. The molecule has 4 rings (SSSR count). The van der Waals surface area contributed by atoms with Gasteiger partial charge >= 0.3 is 0 Å². The summed E-state index contributed by atoms with van der Waals surface area (Å²) >= 11 is 1.64. The van der Waals surface area contributed by atoms with Crippen LogP contribution in [-0.4, -0.2) is 54.3 Å². The first-order valence-electron chi connectivity index (χ1n) is 7.72. The molecule has 3 fully saturated rings. The van der Waals surface area contributed by atoms with Gasteiger partial charge in [0, 0.05) is 32.1 Å². The molecule has 0 aromatic carbocycles. The highest BCUT2D eigenvalue weighted by Crippen LogP contribution is 2.43. The fourth-order valence-electron chi connectivity index (χ4n) is 3.15. The van der Waals surface area contributed by atoms with E-state index in [-0.39, 0.29) is 5.25 Å². The van der Waals surface area contributed by atoms with Crippen LogP contribution < -0.4 is 4.90 Å². The second-order valence-electron chi connectivity index (χ2n) is 6.20. The highest BCUT2D eigenvalue weighted by Gasteiger charge is 2.39. The average Bonchev–Trinajstić information content (AvgIpc) is 2.99. The normalized spacial score (nSPS) is 27.6. The molecule has 8 heteroatoms. The van der Waals surface area contributed by atoms with Gasteiger partial charge in [-0.1, -0.05) is 11.3 Å². The lowest BCUT2D eigenvalue weighted by molar-refractivity contribution is 0.467. The van der Waals surface area contributed by atoms with Crippen molar-refractivity contribution >= 4 is 26.5 Å². The van der Waals surface area contributed by atoms with Gasteiger partial charge in [-0.15, -0.1) is 10.2 Å². The smallest absolute Gasteiger partial charge is 0.218 e. The first-order valence-corrected chi connectivity index (χ1v) is 10.0. The molecule has 1 saturated carbocycles. The van der Waals surface area contributed by atoms with Gasteiger partial charge in [0.05, 0.1) is 5.25 Å². The lowest BCUT2D eigenvalue weighted by Gasteiger charge is -2.20. The number of hydrogen-bond acceptors (Lipinski definition) is 6. The third-order valence-electron chi connectivity index (χ3n) is 4.62. The maximum Gasteiger partial charge on any atom is 0.218 e. The highest BCUT2D eigenvalue weighted by molar-refractivity contribution is 7.89. The van der Waals surface area contributed by atoms with E-state index in [2.05, 4.69) is 15.1 Å². The van der Waals surface area contributed by atoms with Gasteiger partial charge in [0.1, 0.15) is 5.01 Å². The van der Waals surface area contributed by atoms with Crippen LogP contribution in [0.25, 0.3) is 0 Å². The van der Waals surface area contributed by atoms with Crippen molar-refractivity contribution in [1.29, 1.82) is 0 Å². The Labute approximate surface area is 129 Å². The Balaban J connectivity index is 1.46. The van der Waals surface area contributed by atoms with Gasteiger partial charge in [-0.25, -0.2) is 12.7 Å².